The van der Waals surface area contributed by atoms with Crippen molar-refractivity contribution in [1.82, 2.24) is 20.9 Å². The fraction of sp³-hybridized carbons (Fsp3) is 0.241. The summed E-state index contributed by atoms with van der Waals surface area (Å²) in [7, 11) is 1.62. The summed E-state index contributed by atoms with van der Waals surface area (Å²) in [6.07, 6.45) is 2.89. The number of aromatic nitrogens is 1. The molecule has 0 aliphatic carbocycles. The van der Waals surface area contributed by atoms with E-state index in [0.717, 1.165) is 33.3 Å². The number of amides is 2. The molecule has 2 atom stereocenters. The third kappa shape index (κ3) is 5.26. The largest absolute Gasteiger partial charge is 0.497 e. The monoisotopic (exact) mass is 482 g/mol. The average Bonchev–Trinajstić information content (AvgIpc) is 3.34. The fourth-order valence-electron chi connectivity index (χ4n) is 4.70. The Bertz CT molecular complexity index is 1360. The number of benzene rings is 3. The van der Waals surface area contributed by atoms with Crippen molar-refractivity contribution in [1.29, 1.82) is 0 Å². The van der Waals surface area contributed by atoms with Gasteiger partial charge in [-0.1, -0.05) is 54.6 Å². The van der Waals surface area contributed by atoms with E-state index in [0.29, 0.717) is 25.9 Å². The van der Waals surface area contributed by atoms with Gasteiger partial charge in [0.1, 0.15) is 11.8 Å². The topological polar surface area (TPSA) is 95.2 Å². The zero-order valence-electron chi connectivity index (χ0n) is 20.2. The number of carbonyl (C=O) groups excluding carboxylic acids is 2. The summed E-state index contributed by atoms with van der Waals surface area (Å²) in [4.78, 5) is 29.9. The van der Waals surface area contributed by atoms with E-state index in [9.17, 15) is 9.59 Å². The SMILES string of the molecule is COc1ccc(CNC(=O)[C@H](Cc2c[nH]c3ccccc23)NC(=O)[C@@H]2Cc3ccccc3CN2)cc1. The van der Waals surface area contributed by atoms with Gasteiger partial charge in [0.25, 0.3) is 0 Å². The Morgan fingerprint density at radius 3 is 2.56 bits per heavy atom. The van der Waals surface area contributed by atoms with Crippen molar-refractivity contribution in [3.8, 4) is 5.75 Å². The quantitative estimate of drug-likeness (QED) is 0.310. The molecule has 4 N–H and O–H groups in total. The molecule has 0 spiro atoms. The van der Waals surface area contributed by atoms with Gasteiger partial charge in [-0.3, -0.25) is 9.59 Å². The predicted molar refractivity (Wildman–Crippen MR) is 140 cm³/mol. The lowest BCUT2D eigenvalue weighted by Crippen LogP contribution is -2.54. The highest BCUT2D eigenvalue weighted by Gasteiger charge is 2.29. The summed E-state index contributed by atoms with van der Waals surface area (Å²) in [5.74, 6) is 0.366. The van der Waals surface area contributed by atoms with Crippen molar-refractivity contribution >= 4 is 22.7 Å². The van der Waals surface area contributed by atoms with Gasteiger partial charge in [-0.05, 0) is 46.9 Å². The molecule has 1 aromatic heterocycles. The van der Waals surface area contributed by atoms with Crippen molar-refractivity contribution in [2.24, 2.45) is 0 Å². The summed E-state index contributed by atoms with van der Waals surface area (Å²) >= 11 is 0. The summed E-state index contributed by atoms with van der Waals surface area (Å²) in [6.45, 7) is 0.989. The van der Waals surface area contributed by atoms with Crippen molar-refractivity contribution < 1.29 is 14.3 Å². The molecule has 5 rings (SSSR count). The number of methoxy groups -OCH3 is 1. The summed E-state index contributed by atoms with van der Waals surface area (Å²) in [6, 6.07) is 22.5. The maximum Gasteiger partial charge on any atom is 0.243 e. The number of aromatic amines is 1. The van der Waals surface area contributed by atoms with Crippen LogP contribution in [0.4, 0.5) is 0 Å². The summed E-state index contributed by atoms with van der Waals surface area (Å²) < 4.78 is 5.21. The van der Waals surface area contributed by atoms with Gasteiger partial charge in [0.15, 0.2) is 0 Å². The van der Waals surface area contributed by atoms with Crippen LogP contribution in [0, 0.1) is 0 Å². The molecule has 1 aliphatic rings. The number of rotatable bonds is 8. The van der Waals surface area contributed by atoms with Crippen LogP contribution >= 0.6 is 0 Å². The summed E-state index contributed by atoms with van der Waals surface area (Å²) in [5, 5.41) is 10.4. The van der Waals surface area contributed by atoms with Crippen molar-refractivity contribution in [2.45, 2.75) is 38.0 Å². The highest BCUT2D eigenvalue weighted by atomic mass is 16.5. The lowest BCUT2D eigenvalue weighted by Gasteiger charge is -2.27. The van der Waals surface area contributed by atoms with Crippen molar-refractivity contribution in [3.05, 3.63) is 101 Å². The lowest BCUT2D eigenvalue weighted by atomic mass is 9.95. The molecule has 0 bridgehead atoms. The molecule has 2 amide bonds. The van der Waals surface area contributed by atoms with Crippen LogP contribution < -0.4 is 20.7 Å². The Balaban J connectivity index is 1.31. The summed E-state index contributed by atoms with van der Waals surface area (Å²) in [5.41, 5.74) is 5.30. The number of nitrogens with one attached hydrogen (secondary N) is 4. The van der Waals surface area contributed by atoms with Crippen LogP contribution in [0.2, 0.25) is 0 Å². The van der Waals surface area contributed by atoms with E-state index in [-0.39, 0.29) is 17.9 Å². The highest BCUT2D eigenvalue weighted by Crippen LogP contribution is 2.20. The first-order valence-electron chi connectivity index (χ1n) is 12.2. The number of hydrogen-bond donors (Lipinski definition) is 4. The van der Waals surface area contributed by atoms with E-state index < -0.39 is 6.04 Å². The Labute approximate surface area is 210 Å². The first-order valence-corrected chi connectivity index (χ1v) is 12.2. The molecular formula is C29H30N4O3. The molecular weight excluding hydrogens is 452 g/mol. The minimum atomic E-state index is -0.714. The Morgan fingerprint density at radius 2 is 1.75 bits per heavy atom. The normalized spacial score (nSPS) is 15.6. The Kier molecular flexibility index (Phi) is 7.00. The third-order valence-electron chi connectivity index (χ3n) is 6.76. The Hall–Kier alpha value is -4.10. The minimum Gasteiger partial charge on any atom is -0.497 e. The van der Waals surface area contributed by atoms with Gasteiger partial charge in [-0.2, -0.15) is 0 Å². The average molecular weight is 483 g/mol. The second-order valence-corrected chi connectivity index (χ2v) is 9.10. The number of hydrogen-bond acceptors (Lipinski definition) is 4. The number of fused-ring (bicyclic) bond motifs is 2. The van der Waals surface area contributed by atoms with Crippen LogP contribution in [0.3, 0.4) is 0 Å². The molecule has 1 aliphatic heterocycles. The molecule has 0 fully saturated rings. The van der Waals surface area contributed by atoms with Crippen LogP contribution in [0.15, 0.2) is 79.0 Å². The molecule has 2 heterocycles. The van der Waals surface area contributed by atoms with Gasteiger partial charge in [-0.25, -0.2) is 0 Å². The first kappa shape index (κ1) is 23.6. The third-order valence-corrected chi connectivity index (χ3v) is 6.76. The molecule has 0 saturated heterocycles. The second kappa shape index (κ2) is 10.7. The molecule has 36 heavy (non-hydrogen) atoms. The number of carbonyl (C=O) groups is 2. The molecule has 7 heteroatoms. The smallest absolute Gasteiger partial charge is 0.243 e. The van der Waals surface area contributed by atoms with Crippen LogP contribution in [0.25, 0.3) is 10.9 Å². The molecule has 0 radical (unpaired) electrons. The zero-order chi connectivity index (χ0) is 24.9. The van der Waals surface area contributed by atoms with Gasteiger partial charge in [0.05, 0.1) is 13.2 Å². The lowest BCUT2D eigenvalue weighted by molar-refractivity contribution is -0.130. The van der Waals surface area contributed by atoms with E-state index in [2.05, 4.69) is 33.1 Å². The van der Waals surface area contributed by atoms with E-state index in [1.54, 1.807) is 7.11 Å². The maximum atomic E-state index is 13.3. The molecule has 3 aromatic carbocycles. The minimum absolute atomic E-state index is 0.172. The molecule has 0 saturated carbocycles. The van der Waals surface area contributed by atoms with Crippen molar-refractivity contribution in [2.75, 3.05) is 7.11 Å². The van der Waals surface area contributed by atoms with Crippen LogP contribution in [0.1, 0.15) is 22.3 Å². The molecule has 7 nitrogen and oxygen atoms in total. The number of H-pyrrole nitrogens is 1. The standard InChI is InChI=1S/C29H30N4O3/c1-36-23-12-10-19(11-13-23)16-32-28(34)27(15-22-18-30-25-9-5-4-8-24(22)25)33-29(35)26-14-20-6-2-3-7-21(20)17-31-26/h2-13,18,26-27,30-31H,14-17H2,1H3,(H,32,34)(H,33,35)/t26-,27-/m0/s1. The molecule has 184 valence electrons. The second-order valence-electron chi connectivity index (χ2n) is 9.10. The van der Waals surface area contributed by atoms with Gasteiger partial charge in [-0.15, -0.1) is 0 Å². The highest BCUT2D eigenvalue weighted by molar-refractivity contribution is 5.91. The molecule has 4 aromatic rings. The van der Waals surface area contributed by atoms with Gasteiger partial charge in [0, 0.05) is 36.6 Å². The van der Waals surface area contributed by atoms with E-state index in [1.165, 1.54) is 5.56 Å². The maximum absolute atomic E-state index is 13.3. The van der Waals surface area contributed by atoms with Crippen LogP contribution in [-0.4, -0.2) is 36.0 Å². The van der Waals surface area contributed by atoms with E-state index >= 15 is 0 Å². The van der Waals surface area contributed by atoms with Crippen LogP contribution in [-0.2, 0) is 35.5 Å². The zero-order valence-corrected chi connectivity index (χ0v) is 20.2. The number of ether oxygens (including phenoxy) is 1. The first-order chi connectivity index (χ1) is 17.6. The fourth-order valence-corrected chi connectivity index (χ4v) is 4.70. The van der Waals surface area contributed by atoms with Gasteiger partial charge >= 0.3 is 0 Å². The van der Waals surface area contributed by atoms with Crippen molar-refractivity contribution in [3.63, 3.8) is 0 Å². The predicted octanol–water partition coefficient (Wildman–Crippen LogP) is 3.23. The van der Waals surface area contributed by atoms with Gasteiger partial charge in [0.2, 0.25) is 11.8 Å². The molecule has 0 unspecified atom stereocenters. The van der Waals surface area contributed by atoms with Gasteiger partial charge < -0.3 is 25.7 Å². The number of para-hydroxylation sites is 1. The van der Waals surface area contributed by atoms with Crippen LogP contribution in [0.5, 0.6) is 5.75 Å². The van der Waals surface area contributed by atoms with E-state index in [4.69, 9.17) is 4.74 Å². The Morgan fingerprint density at radius 1 is 1.00 bits per heavy atom. The van der Waals surface area contributed by atoms with E-state index in [1.807, 2.05) is 66.9 Å².